The van der Waals surface area contributed by atoms with E-state index in [2.05, 4.69) is 5.16 Å². The number of rotatable bonds is 5. The third-order valence-electron chi connectivity index (χ3n) is 2.25. The van der Waals surface area contributed by atoms with Gasteiger partial charge in [-0.1, -0.05) is 11.2 Å². The van der Waals surface area contributed by atoms with Crippen LogP contribution in [0.25, 0.3) is 0 Å². The van der Waals surface area contributed by atoms with Crippen LogP contribution < -0.4 is 15.2 Å². The van der Waals surface area contributed by atoms with Crippen LogP contribution in [0.3, 0.4) is 0 Å². The highest BCUT2D eigenvalue weighted by atomic mass is 16.5. The number of aliphatic hydroxyl groups excluding tert-OH is 1. The lowest BCUT2D eigenvalue weighted by molar-refractivity contribution is 0.252. The van der Waals surface area contributed by atoms with Crippen molar-refractivity contribution in [2.75, 3.05) is 7.11 Å². The van der Waals surface area contributed by atoms with Gasteiger partial charge in [0.25, 0.3) is 0 Å². The molecule has 4 N–H and O–H groups in total. The Morgan fingerprint density at radius 1 is 1.47 bits per heavy atom. The van der Waals surface area contributed by atoms with Crippen LogP contribution in [-0.2, 0) is 6.61 Å². The molecule has 6 heteroatoms. The van der Waals surface area contributed by atoms with Crippen molar-refractivity contribution in [3.8, 4) is 11.5 Å². The van der Waals surface area contributed by atoms with Crippen LogP contribution in [0.15, 0.2) is 23.4 Å². The number of methoxy groups -OCH3 is 1. The fourth-order valence-corrected chi connectivity index (χ4v) is 1.24. The van der Waals surface area contributed by atoms with Crippen LogP contribution in [-0.4, -0.2) is 29.4 Å². The Morgan fingerprint density at radius 3 is 2.71 bits per heavy atom. The number of benzene rings is 1. The van der Waals surface area contributed by atoms with E-state index in [9.17, 15) is 0 Å². The molecule has 0 saturated carbocycles. The minimum absolute atomic E-state index is 0.0294. The first-order valence-corrected chi connectivity index (χ1v) is 5.04. The van der Waals surface area contributed by atoms with Crippen molar-refractivity contribution < 1.29 is 19.8 Å². The molecule has 1 aromatic carbocycles. The zero-order valence-electron chi connectivity index (χ0n) is 9.75. The highest BCUT2D eigenvalue weighted by Gasteiger charge is 2.13. The van der Waals surface area contributed by atoms with Crippen molar-refractivity contribution in [1.29, 1.82) is 0 Å². The molecule has 94 valence electrons. The van der Waals surface area contributed by atoms with E-state index in [0.717, 1.165) is 0 Å². The number of hydrogen-bond donors (Lipinski definition) is 3. The lowest BCUT2D eigenvalue weighted by Crippen LogP contribution is -2.31. The Kier molecular flexibility index (Phi) is 4.59. The molecule has 1 unspecified atom stereocenters. The Hall–Kier alpha value is -1.95. The van der Waals surface area contributed by atoms with Gasteiger partial charge in [0, 0.05) is 0 Å². The van der Waals surface area contributed by atoms with E-state index in [4.69, 9.17) is 25.5 Å². The average Bonchev–Trinajstić information content (AvgIpc) is 2.37. The van der Waals surface area contributed by atoms with E-state index in [1.807, 2.05) is 0 Å². The van der Waals surface area contributed by atoms with E-state index >= 15 is 0 Å². The van der Waals surface area contributed by atoms with Crippen molar-refractivity contribution in [3.05, 3.63) is 23.8 Å². The molecule has 0 heterocycles. The van der Waals surface area contributed by atoms with Gasteiger partial charge in [-0.15, -0.1) is 0 Å². The molecule has 6 nitrogen and oxygen atoms in total. The summed E-state index contributed by atoms with van der Waals surface area (Å²) in [6.07, 6.45) is -0.575. The second kappa shape index (κ2) is 5.95. The summed E-state index contributed by atoms with van der Waals surface area (Å²) in [4.78, 5) is 0. The zero-order chi connectivity index (χ0) is 12.8. The molecule has 1 rings (SSSR count). The molecular weight excluding hydrogens is 224 g/mol. The van der Waals surface area contributed by atoms with Gasteiger partial charge in [-0.3, -0.25) is 0 Å². The molecule has 0 aliphatic carbocycles. The molecule has 0 bridgehead atoms. The number of ether oxygens (including phenoxy) is 2. The highest BCUT2D eigenvalue weighted by Crippen LogP contribution is 2.28. The number of nitrogens with zero attached hydrogens (tertiary/aromatic N) is 1. The lowest BCUT2D eigenvalue weighted by atomic mass is 10.2. The van der Waals surface area contributed by atoms with Crippen molar-refractivity contribution in [1.82, 2.24) is 0 Å². The third-order valence-corrected chi connectivity index (χ3v) is 2.25. The Balaban J connectivity index is 2.91. The Bertz CT molecular complexity index is 406. The first kappa shape index (κ1) is 13.1. The summed E-state index contributed by atoms with van der Waals surface area (Å²) in [6, 6.07) is 5.02. The summed E-state index contributed by atoms with van der Waals surface area (Å²) >= 11 is 0. The summed E-state index contributed by atoms with van der Waals surface area (Å²) < 4.78 is 10.6. The molecule has 1 aromatic rings. The lowest BCUT2D eigenvalue weighted by Gasteiger charge is -2.16. The summed E-state index contributed by atoms with van der Waals surface area (Å²) in [5, 5.41) is 20.4. The normalized spacial score (nSPS) is 13.2. The van der Waals surface area contributed by atoms with Crippen molar-refractivity contribution >= 4 is 5.84 Å². The highest BCUT2D eigenvalue weighted by molar-refractivity contribution is 5.84. The Labute approximate surface area is 99.3 Å². The van der Waals surface area contributed by atoms with Gasteiger partial charge in [0.1, 0.15) is 0 Å². The van der Waals surface area contributed by atoms with Crippen LogP contribution in [0.5, 0.6) is 11.5 Å². The quantitative estimate of drug-likeness (QED) is 0.304. The van der Waals surface area contributed by atoms with Crippen molar-refractivity contribution in [3.63, 3.8) is 0 Å². The van der Waals surface area contributed by atoms with Gasteiger partial charge in [0.05, 0.1) is 13.7 Å². The monoisotopic (exact) mass is 240 g/mol. The van der Waals surface area contributed by atoms with Gasteiger partial charge < -0.3 is 25.5 Å². The van der Waals surface area contributed by atoms with Crippen molar-refractivity contribution in [2.45, 2.75) is 19.6 Å². The van der Waals surface area contributed by atoms with Crippen LogP contribution >= 0.6 is 0 Å². The molecular formula is C11H16N2O4. The van der Waals surface area contributed by atoms with E-state index < -0.39 is 6.10 Å². The fourth-order valence-electron chi connectivity index (χ4n) is 1.24. The third kappa shape index (κ3) is 3.25. The summed E-state index contributed by atoms with van der Waals surface area (Å²) in [6.45, 7) is 1.57. The predicted octanol–water partition coefficient (Wildman–Crippen LogP) is 0.701. The maximum Gasteiger partial charge on any atom is 0.180 e. The van der Waals surface area contributed by atoms with Gasteiger partial charge in [0.2, 0.25) is 0 Å². The SMILES string of the molecule is COc1cc(CO)ccc1OC(C)/C(N)=N/O. The molecule has 0 amide bonds. The molecule has 0 spiro atoms. The molecule has 1 atom stereocenters. The summed E-state index contributed by atoms with van der Waals surface area (Å²) in [5.41, 5.74) is 6.12. The second-order valence-electron chi connectivity index (χ2n) is 3.43. The molecule has 0 saturated heterocycles. The van der Waals surface area contributed by atoms with E-state index in [0.29, 0.717) is 17.1 Å². The number of nitrogens with two attached hydrogens (primary N) is 1. The van der Waals surface area contributed by atoms with Gasteiger partial charge in [0.15, 0.2) is 23.4 Å². The number of amidine groups is 1. The Morgan fingerprint density at radius 2 is 2.18 bits per heavy atom. The van der Waals surface area contributed by atoms with Crippen molar-refractivity contribution in [2.24, 2.45) is 10.9 Å². The predicted molar refractivity (Wildman–Crippen MR) is 62.4 cm³/mol. The van der Waals surface area contributed by atoms with Crippen LogP contribution in [0.4, 0.5) is 0 Å². The first-order valence-electron chi connectivity index (χ1n) is 5.04. The van der Waals surface area contributed by atoms with Gasteiger partial charge >= 0.3 is 0 Å². The maximum absolute atomic E-state index is 8.99. The van der Waals surface area contributed by atoms with Gasteiger partial charge in [-0.25, -0.2) is 0 Å². The zero-order valence-corrected chi connectivity index (χ0v) is 9.75. The number of oxime groups is 1. The molecule has 0 aliphatic heterocycles. The standard InChI is InChI=1S/C11H16N2O4/c1-7(11(12)13-15)17-9-4-3-8(6-14)5-10(9)16-2/h3-5,7,14-15H,6H2,1-2H3,(H2,12,13). The maximum atomic E-state index is 8.99. The first-order chi connectivity index (χ1) is 8.12. The van der Waals surface area contributed by atoms with E-state index in [-0.39, 0.29) is 12.4 Å². The second-order valence-corrected chi connectivity index (χ2v) is 3.43. The summed E-state index contributed by atoms with van der Waals surface area (Å²) in [5.74, 6) is 0.913. The number of aliphatic hydroxyl groups is 1. The van der Waals surface area contributed by atoms with Crippen LogP contribution in [0.2, 0.25) is 0 Å². The van der Waals surface area contributed by atoms with E-state index in [1.165, 1.54) is 7.11 Å². The molecule has 17 heavy (non-hydrogen) atoms. The van der Waals surface area contributed by atoms with Crippen LogP contribution in [0, 0.1) is 0 Å². The fraction of sp³-hybridized carbons (Fsp3) is 0.364. The smallest absolute Gasteiger partial charge is 0.180 e. The van der Waals surface area contributed by atoms with Gasteiger partial charge in [-0.2, -0.15) is 0 Å². The molecule has 0 radical (unpaired) electrons. The molecule has 0 fully saturated rings. The number of hydrogen-bond acceptors (Lipinski definition) is 5. The van der Waals surface area contributed by atoms with Gasteiger partial charge in [-0.05, 0) is 24.6 Å². The summed E-state index contributed by atoms with van der Waals surface area (Å²) in [7, 11) is 1.50. The molecule has 0 aromatic heterocycles. The minimum Gasteiger partial charge on any atom is -0.493 e. The minimum atomic E-state index is -0.575. The van der Waals surface area contributed by atoms with Crippen LogP contribution in [0.1, 0.15) is 12.5 Å². The van der Waals surface area contributed by atoms with E-state index in [1.54, 1.807) is 25.1 Å². The molecule has 0 aliphatic rings. The average molecular weight is 240 g/mol. The largest absolute Gasteiger partial charge is 0.493 e. The topological polar surface area (TPSA) is 97.3 Å².